The minimum Gasteiger partial charge on any atom is -0.327 e. The smallest absolute Gasteiger partial charge is 0.160 e. The van der Waals surface area contributed by atoms with Crippen molar-refractivity contribution >= 4 is 11.3 Å². The maximum Gasteiger partial charge on any atom is 0.160 e. The molecule has 0 aliphatic heterocycles. The van der Waals surface area contributed by atoms with Crippen molar-refractivity contribution in [2.24, 2.45) is 5.73 Å². The first-order valence-electron chi connectivity index (χ1n) is 5.80. The highest BCUT2D eigenvalue weighted by Gasteiger charge is 2.07. The van der Waals surface area contributed by atoms with Crippen molar-refractivity contribution in [2.45, 2.75) is 32.7 Å². The van der Waals surface area contributed by atoms with E-state index in [0.29, 0.717) is 0 Å². The van der Waals surface area contributed by atoms with Gasteiger partial charge in [0.1, 0.15) is 0 Å². The molecule has 0 bridgehead atoms. The van der Waals surface area contributed by atoms with Gasteiger partial charge in [-0.3, -0.25) is 0 Å². The molecule has 0 spiro atoms. The van der Waals surface area contributed by atoms with Crippen LogP contribution in [0.15, 0.2) is 23.2 Å². The summed E-state index contributed by atoms with van der Waals surface area (Å²) >= 11 is 1.68. The van der Waals surface area contributed by atoms with Crippen molar-refractivity contribution in [1.82, 2.24) is 9.97 Å². The van der Waals surface area contributed by atoms with Gasteiger partial charge in [-0.25, -0.2) is 9.97 Å². The summed E-state index contributed by atoms with van der Waals surface area (Å²) in [7, 11) is 0. The summed E-state index contributed by atoms with van der Waals surface area (Å²) in [4.78, 5) is 8.82. The van der Waals surface area contributed by atoms with Crippen LogP contribution in [0.5, 0.6) is 0 Å². The summed E-state index contributed by atoms with van der Waals surface area (Å²) in [5.74, 6) is 0.803. The summed E-state index contributed by atoms with van der Waals surface area (Å²) in [5, 5.41) is 4.20. The minimum absolute atomic E-state index is 0.201. The van der Waals surface area contributed by atoms with Crippen molar-refractivity contribution in [1.29, 1.82) is 0 Å². The monoisotopic (exact) mass is 247 g/mol. The first-order chi connectivity index (χ1) is 8.20. The molecule has 3 nitrogen and oxygen atoms in total. The fraction of sp³-hybridized carbons (Fsp3) is 0.385. The van der Waals surface area contributed by atoms with E-state index >= 15 is 0 Å². The number of hydrogen-bond acceptors (Lipinski definition) is 4. The van der Waals surface area contributed by atoms with Crippen LogP contribution < -0.4 is 5.73 Å². The Morgan fingerprint density at radius 2 is 2.00 bits per heavy atom. The number of hydrogen-bond donors (Lipinski definition) is 1. The van der Waals surface area contributed by atoms with Gasteiger partial charge in [-0.05, 0) is 36.3 Å². The van der Waals surface area contributed by atoms with Crippen LogP contribution in [0.2, 0.25) is 0 Å². The zero-order valence-corrected chi connectivity index (χ0v) is 11.0. The van der Waals surface area contributed by atoms with Crippen LogP contribution in [0.25, 0.3) is 11.4 Å². The lowest BCUT2D eigenvalue weighted by atomic mass is 10.1. The lowest BCUT2D eigenvalue weighted by Gasteiger charge is -2.08. The van der Waals surface area contributed by atoms with Gasteiger partial charge in [-0.1, -0.05) is 6.92 Å². The molecule has 1 unspecified atom stereocenters. The molecule has 90 valence electrons. The highest BCUT2D eigenvalue weighted by atomic mass is 32.1. The number of aryl methyl sites for hydroxylation is 1. The zero-order chi connectivity index (χ0) is 12.3. The average Bonchev–Trinajstić information content (AvgIpc) is 2.76. The number of nitrogens with two attached hydrogens (primary N) is 1. The second-order valence-electron chi connectivity index (χ2n) is 4.26. The van der Waals surface area contributed by atoms with E-state index in [0.717, 1.165) is 29.8 Å². The van der Waals surface area contributed by atoms with E-state index in [4.69, 9.17) is 5.73 Å². The summed E-state index contributed by atoms with van der Waals surface area (Å²) in [6.45, 7) is 4.17. The molecule has 0 radical (unpaired) electrons. The predicted molar refractivity (Wildman–Crippen MR) is 72.1 cm³/mol. The van der Waals surface area contributed by atoms with Gasteiger partial charge in [0.2, 0.25) is 0 Å². The number of thiophene rings is 1. The molecular weight excluding hydrogens is 230 g/mol. The van der Waals surface area contributed by atoms with Gasteiger partial charge in [-0.2, -0.15) is 11.3 Å². The molecule has 1 atom stereocenters. The van der Waals surface area contributed by atoms with Crippen molar-refractivity contribution in [2.75, 3.05) is 0 Å². The van der Waals surface area contributed by atoms with Gasteiger partial charge < -0.3 is 5.73 Å². The molecular formula is C13H17N3S. The lowest BCUT2D eigenvalue weighted by Crippen LogP contribution is -2.21. The van der Waals surface area contributed by atoms with Gasteiger partial charge in [0.05, 0.1) is 0 Å². The third-order valence-corrected chi connectivity index (χ3v) is 3.69. The number of rotatable bonds is 4. The molecule has 0 saturated heterocycles. The van der Waals surface area contributed by atoms with E-state index in [9.17, 15) is 0 Å². The van der Waals surface area contributed by atoms with Gasteiger partial charge in [0.15, 0.2) is 5.82 Å². The molecule has 4 heteroatoms. The Hall–Kier alpha value is -1.26. The SMILES string of the molecule is CCC(N)Cc1cnc(-c2cscc2C)nc1. The summed E-state index contributed by atoms with van der Waals surface area (Å²) in [5.41, 5.74) is 9.37. The van der Waals surface area contributed by atoms with Gasteiger partial charge in [-0.15, -0.1) is 0 Å². The second kappa shape index (κ2) is 5.38. The number of aromatic nitrogens is 2. The molecule has 0 amide bonds. The average molecular weight is 247 g/mol. The van der Waals surface area contributed by atoms with Gasteiger partial charge in [0, 0.05) is 29.4 Å². The van der Waals surface area contributed by atoms with Crippen molar-refractivity contribution in [3.05, 3.63) is 34.3 Å². The predicted octanol–water partition coefficient (Wildman–Crippen LogP) is 2.79. The Kier molecular flexibility index (Phi) is 3.86. The van der Waals surface area contributed by atoms with Crippen molar-refractivity contribution in [3.8, 4) is 11.4 Å². The summed E-state index contributed by atoms with van der Waals surface area (Å²) in [6.07, 6.45) is 5.59. The minimum atomic E-state index is 0.201. The Labute approximate surface area is 106 Å². The molecule has 0 fully saturated rings. The molecule has 0 saturated carbocycles. The summed E-state index contributed by atoms with van der Waals surface area (Å²) < 4.78 is 0. The third-order valence-electron chi connectivity index (χ3n) is 2.82. The van der Waals surface area contributed by atoms with Crippen LogP contribution in [0.3, 0.4) is 0 Å². The highest BCUT2D eigenvalue weighted by Crippen LogP contribution is 2.23. The molecule has 0 aliphatic carbocycles. The van der Waals surface area contributed by atoms with Crippen molar-refractivity contribution in [3.63, 3.8) is 0 Å². The third kappa shape index (κ3) is 2.90. The lowest BCUT2D eigenvalue weighted by molar-refractivity contribution is 0.643. The normalized spacial score (nSPS) is 12.6. The van der Waals surface area contributed by atoms with E-state index in [1.165, 1.54) is 5.56 Å². The maximum absolute atomic E-state index is 5.91. The summed E-state index contributed by atoms with van der Waals surface area (Å²) in [6, 6.07) is 0.201. The van der Waals surface area contributed by atoms with E-state index in [2.05, 4.69) is 34.6 Å². The van der Waals surface area contributed by atoms with E-state index in [1.807, 2.05) is 12.4 Å². The van der Waals surface area contributed by atoms with Crippen LogP contribution in [0, 0.1) is 6.92 Å². The standard InChI is InChI=1S/C13H17N3S/c1-3-11(14)4-10-5-15-13(16-6-10)12-8-17-7-9(12)2/h5-8,11H,3-4,14H2,1-2H3. The molecule has 0 aliphatic rings. The van der Waals surface area contributed by atoms with Crippen LogP contribution in [0.4, 0.5) is 0 Å². The Morgan fingerprint density at radius 1 is 1.29 bits per heavy atom. The van der Waals surface area contributed by atoms with E-state index < -0.39 is 0 Å². The highest BCUT2D eigenvalue weighted by molar-refractivity contribution is 7.08. The van der Waals surface area contributed by atoms with Crippen molar-refractivity contribution < 1.29 is 0 Å². The fourth-order valence-corrected chi connectivity index (χ4v) is 2.46. The molecule has 2 heterocycles. The van der Waals surface area contributed by atoms with Crippen LogP contribution in [0.1, 0.15) is 24.5 Å². The van der Waals surface area contributed by atoms with Crippen LogP contribution in [-0.4, -0.2) is 16.0 Å². The maximum atomic E-state index is 5.91. The quantitative estimate of drug-likeness (QED) is 0.904. The van der Waals surface area contributed by atoms with E-state index in [1.54, 1.807) is 11.3 Å². The topological polar surface area (TPSA) is 51.8 Å². The van der Waals surface area contributed by atoms with Gasteiger partial charge in [0.25, 0.3) is 0 Å². The fourth-order valence-electron chi connectivity index (χ4n) is 1.64. The first-order valence-corrected chi connectivity index (χ1v) is 6.74. The second-order valence-corrected chi connectivity index (χ2v) is 5.00. The molecule has 0 aromatic carbocycles. The van der Waals surface area contributed by atoms with Crippen LogP contribution in [-0.2, 0) is 6.42 Å². The molecule has 2 aromatic rings. The Bertz CT molecular complexity index is 476. The van der Waals surface area contributed by atoms with E-state index in [-0.39, 0.29) is 6.04 Å². The Morgan fingerprint density at radius 3 is 2.53 bits per heavy atom. The first kappa shape index (κ1) is 12.2. The molecule has 2 rings (SSSR count). The molecule has 2 N–H and O–H groups in total. The largest absolute Gasteiger partial charge is 0.327 e. The Balaban J connectivity index is 2.16. The molecule has 17 heavy (non-hydrogen) atoms. The molecule has 2 aromatic heterocycles. The zero-order valence-electron chi connectivity index (χ0n) is 10.2. The van der Waals surface area contributed by atoms with Gasteiger partial charge >= 0.3 is 0 Å². The number of nitrogens with zero attached hydrogens (tertiary/aromatic N) is 2. The van der Waals surface area contributed by atoms with Crippen LogP contribution >= 0.6 is 11.3 Å².